The molecule has 0 aliphatic heterocycles. The molecule has 0 radical (unpaired) electrons. The number of pyridine rings is 1. The van der Waals surface area contributed by atoms with Gasteiger partial charge in [-0.3, -0.25) is 4.98 Å². The Morgan fingerprint density at radius 1 is 1.10 bits per heavy atom. The molecule has 1 aromatic heterocycles. The van der Waals surface area contributed by atoms with E-state index in [1.165, 1.54) is 25.3 Å². The molecule has 0 saturated carbocycles. The molecule has 0 aliphatic carbocycles. The van der Waals surface area contributed by atoms with Crippen LogP contribution >= 0.6 is 0 Å². The maximum absolute atomic E-state index is 14.4. The predicted octanol–water partition coefficient (Wildman–Crippen LogP) is 4.23. The van der Waals surface area contributed by atoms with Gasteiger partial charge >= 0.3 is 0 Å². The fraction of sp³-hybridized carbons (Fsp3) is 0.118. The van der Waals surface area contributed by atoms with Crippen LogP contribution in [0.15, 0.2) is 48.7 Å². The number of rotatable bonds is 2. The van der Waals surface area contributed by atoms with Gasteiger partial charge < -0.3 is 5.11 Å². The van der Waals surface area contributed by atoms with Crippen LogP contribution in [-0.2, 0) is 0 Å². The molecule has 1 N–H and O–H groups in total. The van der Waals surface area contributed by atoms with Crippen LogP contribution in [0.3, 0.4) is 0 Å². The highest BCUT2D eigenvalue weighted by Crippen LogP contribution is 2.29. The molecule has 0 saturated heterocycles. The van der Waals surface area contributed by atoms with Crippen molar-refractivity contribution in [2.45, 2.75) is 13.0 Å². The van der Waals surface area contributed by atoms with Crippen molar-refractivity contribution in [3.8, 4) is 11.1 Å². The van der Waals surface area contributed by atoms with E-state index in [0.29, 0.717) is 22.0 Å². The number of aromatic nitrogens is 1. The molecular weight excluding hydrogens is 272 g/mol. The standard InChI is InChI=1S/C17H13F2NO/c1-10(21)12-4-2-5-13(17(12)19)11-8-14-15(18)6-3-7-16(14)20-9-11/h2-10,21H,1H3. The molecule has 0 spiro atoms. The van der Waals surface area contributed by atoms with Gasteiger partial charge in [-0.15, -0.1) is 0 Å². The molecule has 1 atom stereocenters. The Morgan fingerprint density at radius 3 is 2.62 bits per heavy atom. The third kappa shape index (κ3) is 2.38. The Labute approximate surface area is 120 Å². The summed E-state index contributed by atoms with van der Waals surface area (Å²) >= 11 is 0. The van der Waals surface area contributed by atoms with Crippen molar-refractivity contribution in [3.63, 3.8) is 0 Å². The molecule has 1 unspecified atom stereocenters. The van der Waals surface area contributed by atoms with Crippen molar-refractivity contribution in [2.75, 3.05) is 0 Å². The summed E-state index contributed by atoms with van der Waals surface area (Å²) in [4.78, 5) is 4.16. The predicted molar refractivity (Wildman–Crippen MR) is 77.7 cm³/mol. The summed E-state index contributed by atoms with van der Waals surface area (Å²) in [5, 5.41) is 9.92. The van der Waals surface area contributed by atoms with Gasteiger partial charge in [-0.2, -0.15) is 0 Å². The first-order chi connectivity index (χ1) is 10.1. The van der Waals surface area contributed by atoms with Crippen LogP contribution < -0.4 is 0 Å². The zero-order chi connectivity index (χ0) is 15.0. The summed E-state index contributed by atoms with van der Waals surface area (Å²) in [6.45, 7) is 1.50. The largest absolute Gasteiger partial charge is 0.389 e. The number of nitrogens with zero attached hydrogens (tertiary/aromatic N) is 1. The Balaban J connectivity index is 2.21. The van der Waals surface area contributed by atoms with Gasteiger partial charge in [0.25, 0.3) is 0 Å². The van der Waals surface area contributed by atoms with E-state index in [9.17, 15) is 13.9 Å². The van der Waals surface area contributed by atoms with Gasteiger partial charge in [0, 0.05) is 28.3 Å². The van der Waals surface area contributed by atoms with Crippen molar-refractivity contribution in [3.05, 3.63) is 65.9 Å². The van der Waals surface area contributed by atoms with Gasteiger partial charge in [0.2, 0.25) is 0 Å². The molecular formula is C17H13F2NO. The number of hydrogen-bond acceptors (Lipinski definition) is 2. The highest BCUT2D eigenvalue weighted by molar-refractivity contribution is 5.84. The average Bonchev–Trinajstić information content (AvgIpc) is 2.47. The number of fused-ring (bicyclic) bond motifs is 1. The van der Waals surface area contributed by atoms with Crippen LogP contribution in [-0.4, -0.2) is 10.1 Å². The molecule has 0 fully saturated rings. The van der Waals surface area contributed by atoms with E-state index in [2.05, 4.69) is 4.98 Å². The van der Waals surface area contributed by atoms with E-state index in [0.717, 1.165) is 0 Å². The average molecular weight is 285 g/mol. The van der Waals surface area contributed by atoms with E-state index in [1.807, 2.05) is 0 Å². The highest BCUT2D eigenvalue weighted by Gasteiger charge is 2.14. The first-order valence-corrected chi connectivity index (χ1v) is 6.59. The van der Waals surface area contributed by atoms with Gasteiger partial charge in [-0.1, -0.05) is 24.3 Å². The fourth-order valence-corrected chi connectivity index (χ4v) is 2.36. The van der Waals surface area contributed by atoms with Crippen molar-refractivity contribution in [1.29, 1.82) is 0 Å². The van der Waals surface area contributed by atoms with E-state index < -0.39 is 17.7 Å². The molecule has 0 amide bonds. The number of aliphatic hydroxyl groups is 1. The van der Waals surface area contributed by atoms with Gasteiger partial charge in [0.05, 0.1) is 11.6 Å². The maximum Gasteiger partial charge on any atom is 0.136 e. The minimum absolute atomic E-state index is 0.209. The molecule has 2 nitrogen and oxygen atoms in total. The summed E-state index contributed by atoms with van der Waals surface area (Å²) < 4.78 is 28.2. The zero-order valence-corrected chi connectivity index (χ0v) is 11.3. The summed E-state index contributed by atoms with van der Waals surface area (Å²) in [7, 11) is 0. The molecule has 0 bridgehead atoms. The smallest absolute Gasteiger partial charge is 0.136 e. The summed E-state index contributed by atoms with van der Waals surface area (Å²) in [6, 6.07) is 11.0. The van der Waals surface area contributed by atoms with Gasteiger partial charge in [-0.05, 0) is 25.1 Å². The third-order valence-corrected chi connectivity index (χ3v) is 3.46. The lowest BCUT2D eigenvalue weighted by atomic mass is 10.00. The van der Waals surface area contributed by atoms with Crippen LogP contribution in [0.4, 0.5) is 8.78 Å². The summed E-state index contributed by atoms with van der Waals surface area (Å²) in [5.74, 6) is -0.904. The third-order valence-electron chi connectivity index (χ3n) is 3.46. The van der Waals surface area contributed by atoms with Crippen molar-refractivity contribution >= 4 is 10.9 Å². The topological polar surface area (TPSA) is 33.1 Å². The molecule has 4 heteroatoms. The molecule has 106 valence electrons. The number of halogens is 2. The molecule has 3 rings (SSSR count). The van der Waals surface area contributed by atoms with Gasteiger partial charge in [0.1, 0.15) is 11.6 Å². The van der Waals surface area contributed by atoms with Gasteiger partial charge in [-0.25, -0.2) is 8.78 Å². The molecule has 3 aromatic rings. The summed E-state index contributed by atoms with van der Waals surface area (Å²) in [5.41, 5.74) is 1.51. The minimum atomic E-state index is -0.907. The monoisotopic (exact) mass is 285 g/mol. The number of aliphatic hydroxyl groups excluding tert-OH is 1. The summed E-state index contributed by atoms with van der Waals surface area (Å²) in [6.07, 6.45) is 0.599. The second-order valence-corrected chi connectivity index (χ2v) is 4.92. The molecule has 2 aromatic carbocycles. The molecule has 21 heavy (non-hydrogen) atoms. The lowest BCUT2D eigenvalue weighted by Crippen LogP contribution is -1.98. The molecule has 0 aliphatic rings. The van der Waals surface area contributed by atoms with Crippen molar-refractivity contribution in [1.82, 2.24) is 4.98 Å². The lowest BCUT2D eigenvalue weighted by molar-refractivity contribution is 0.194. The number of hydrogen-bond donors (Lipinski definition) is 1. The van der Waals surface area contributed by atoms with Crippen LogP contribution in [0, 0.1) is 11.6 Å². The first-order valence-electron chi connectivity index (χ1n) is 6.59. The van der Waals surface area contributed by atoms with E-state index in [1.54, 1.807) is 30.3 Å². The second-order valence-electron chi connectivity index (χ2n) is 4.92. The first kappa shape index (κ1) is 13.6. The maximum atomic E-state index is 14.4. The second kappa shape index (κ2) is 5.22. The Kier molecular flexibility index (Phi) is 3.39. The Morgan fingerprint density at radius 2 is 1.86 bits per heavy atom. The van der Waals surface area contributed by atoms with E-state index >= 15 is 0 Å². The Bertz CT molecular complexity index is 815. The Hall–Kier alpha value is -2.33. The van der Waals surface area contributed by atoms with Crippen LogP contribution in [0.25, 0.3) is 22.0 Å². The lowest BCUT2D eigenvalue weighted by Gasteiger charge is -2.11. The normalized spacial score (nSPS) is 12.6. The van der Waals surface area contributed by atoms with E-state index in [-0.39, 0.29) is 5.56 Å². The highest BCUT2D eigenvalue weighted by atomic mass is 19.1. The SMILES string of the molecule is CC(O)c1cccc(-c2cnc3cccc(F)c3c2)c1F. The number of benzene rings is 2. The van der Waals surface area contributed by atoms with Crippen molar-refractivity contribution in [2.24, 2.45) is 0 Å². The quantitative estimate of drug-likeness (QED) is 0.764. The minimum Gasteiger partial charge on any atom is -0.389 e. The molecule has 1 heterocycles. The van der Waals surface area contributed by atoms with Crippen molar-refractivity contribution < 1.29 is 13.9 Å². The zero-order valence-electron chi connectivity index (χ0n) is 11.3. The van der Waals surface area contributed by atoms with Crippen LogP contribution in [0.2, 0.25) is 0 Å². The van der Waals surface area contributed by atoms with Crippen LogP contribution in [0.1, 0.15) is 18.6 Å². The fourth-order valence-electron chi connectivity index (χ4n) is 2.36. The van der Waals surface area contributed by atoms with Gasteiger partial charge in [0.15, 0.2) is 0 Å². The van der Waals surface area contributed by atoms with E-state index in [4.69, 9.17) is 0 Å². The van der Waals surface area contributed by atoms with Crippen LogP contribution in [0.5, 0.6) is 0 Å².